The van der Waals surface area contributed by atoms with Gasteiger partial charge in [-0.25, -0.2) is 9.97 Å². The molecule has 0 spiro atoms. The van der Waals surface area contributed by atoms with Crippen LogP contribution in [0.25, 0.3) is 0 Å². The maximum absolute atomic E-state index is 11.6. The Morgan fingerprint density at radius 3 is 1.91 bits per heavy atom. The van der Waals surface area contributed by atoms with Crippen LogP contribution in [0.15, 0.2) is 60.9 Å². The van der Waals surface area contributed by atoms with Gasteiger partial charge in [-0.3, -0.25) is 4.90 Å². The van der Waals surface area contributed by atoms with Gasteiger partial charge in [-0.05, 0) is 60.9 Å². The van der Waals surface area contributed by atoms with Gasteiger partial charge in [-0.15, -0.1) is 0 Å². The van der Waals surface area contributed by atoms with Crippen molar-refractivity contribution in [2.45, 2.75) is 62.8 Å². The number of hydrogen-bond donors (Lipinski definition) is 1. The van der Waals surface area contributed by atoms with E-state index in [1.165, 1.54) is 0 Å². The van der Waals surface area contributed by atoms with Crippen molar-refractivity contribution in [1.29, 1.82) is 0 Å². The van der Waals surface area contributed by atoms with E-state index in [-0.39, 0.29) is 18.1 Å². The van der Waals surface area contributed by atoms with Gasteiger partial charge in [0.2, 0.25) is 0 Å². The number of aromatic nitrogens is 2. The molecule has 1 unspecified atom stereocenters. The Balaban J connectivity index is 1.53. The van der Waals surface area contributed by atoms with Crippen molar-refractivity contribution in [3.05, 3.63) is 93.5 Å². The van der Waals surface area contributed by atoms with E-state index in [0.29, 0.717) is 18.7 Å². The van der Waals surface area contributed by atoms with Crippen LogP contribution in [0.2, 0.25) is 10.0 Å². The molecule has 0 amide bonds. The average Bonchev–Trinajstić information content (AvgIpc) is 3.07. The fraction of sp³-hybridized carbons (Fsp3) is 0.385. The number of halogens is 2. The fourth-order valence-electron chi connectivity index (χ4n) is 5.52. The molecule has 3 heterocycles. The molecule has 2 fully saturated rings. The summed E-state index contributed by atoms with van der Waals surface area (Å²) in [5.74, 6) is 0.540. The Bertz CT molecular complexity index is 1040. The molecule has 2 aliphatic rings. The molecular weight excluding hydrogens is 441 g/mol. The van der Waals surface area contributed by atoms with Gasteiger partial charge in [-0.2, -0.15) is 0 Å². The predicted octanol–water partition coefficient (Wildman–Crippen LogP) is 5.95. The summed E-state index contributed by atoms with van der Waals surface area (Å²) in [6.07, 6.45) is 7.79. The van der Waals surface area contributed by atoms with Gasteiger partial charge in [-0.1, -0.05) is 66.5 Å². The molecule has 2 bridgehead atoms. The molecule has 2 aliphatic heterocycles. The quantitative estimate of drug-likeness (QED) is 0.503. The molecule has 1 aromatic heterocycles. The smallest absolute Gasteiger partial charge is 0.160 e. The third-order valence-corrected chi connectivity index (χ3v) is 7.74. The van der Waals surface area contributed by atoms with E-state index in [9.17, 15) is 5.11 Å². The Kier molecular flexibility index (Phi) is 5.98. The van der Waals surface area contributed by atoms with E-state index < -0.39 is 5.60 Å². The maximum Gasteiger partial charge on any atom is 0.160 e. The normalized spacial score (nSPS) is 25.4. The summed E-state index contributed by atoms with van der Waals surface area (Å²) < 4.78 is 0. The molecule has 0 saturated carbocycles. The van der Waals surface area contributed by atoms with Crippen molar-refractivity contribution in [2.75, 3.05) is 0 Å². The molecule has 32 heavy (non-hydrogen) atoms. The summed E-state index contributed by atoms with van der Waals surface area (Å²) in [6, 6.07) is 16.3. The number of aryl methyl sites for hydroxylation is 1. The van der Waals surface area contributed by atoms with Gasteiger partial charge in [0.15, 0.2) is 5.82 Å². The third-order valence-electron chi connectivity index (χ3n) is 7.05. The van der Waals surface area contributed by atoms with Crippen LogP contribution in [0.4, 0.5) is 0 Å². The van der Waals surface area contributed by atoms with Crippen molar-refractivity contribution in [3.63, 3.8) is 0 Å². The van der Waals surface area contributed by atoms with Crippen LogP contribution < -0.4 is 0 Å². The first-order valence-corrected chi connectivity index (χ1v) is 12.1. The van der Waals surface area contributed by atoms with Gasteiger partial charge in [0.1, 0.15) is 5.60 Å². The molecule has 6 heteroatoms. The van der Waals surface area contributed by atoms with Crippen molar-refractivity contribution in [3.8, 4) is 0 Å². The Hall–Kier alpha value is -1.98. The SMILES string of the molecule is CCc1cnc(C2(O)C[C@H]3CC[C@@H](C2)N3C(c2ccccc2Cl)c2ccccc2Cl)nc1. The van der Waals surface area contributed by atoms with Crippen LogP contribution in [0.1, 0.15) is 61.2 Å². The Morgan fingerprint density at radius 1 is 0.938 bits per heavy atom. The zero-order valence-electron chi connectivity index (χ0n) is 18.1. The summed E-state index contributed by atoms with van der Waals surface area (Å²) in [5.41, 5.74) is 2.16. The summed E-state index contributed by atoms with van der Waals surface area (Å²) in [4.78, 5) is 11.6. The topological polar surface area (TPSA) is 49.3 Å². The van der Waals surface area contributed by atoms with E-state index in [1.54, 1.807) is 0 Å². The lowest BCUT2D eigenvalue weighted by molar-refractivity contribution is -0.0713. The summed E-state index contributed by atoms with van der Waals surface area (Å²) in [7, 11) is 0. The van der Waals surface area contributed by atoms with Gasteiger partial charge < -0.3 is 5.11 Å². The van der Waals surface area contributed by atoms with Crippen molar-refractivity contribution in [2.24, 2.45) is 0 Å². The standard InChI is InChI=1S/C26H27Cl2N3O/c1-2-17-15-29-25(30-16-17)26(32)13-18-11-12-19(14-26)31(18)24(20-7-3-5-9-22(20)27)21-8-4-6-10-23(21)28/h3-10,15-16,18-19,24,32H,2,11-14H2,1H3/t18-,19+,26?. The molecule has 2 aromatic carbocycles. The lowest BCUT2D eigenvalue weighted by atomic mass is 9.82. The van der Waals surface area contributed by atoms with Crippen LogP contribution >= 0.6 is 23.2 Å². The minimum atomic E-state index is -1.01. The summed E-state index contributed by atoms with van der Waals surface area (Å²) in [5, 5.41) is 13.1. The number of rotatable bonds is 5. The third kappa shape index (κ3) is 3.84. The largest absolute Gasteiger partial charge is 0.382 e. The molecule has 0 aliphatic carbocycles. The fourth-order valence-corrected chi connectivity index (χ4v) is 6.00. The first-order chi connectivity index (χ1) is 15.5. The minimum Gasteiger partial charge on any atom is -0.382 e. The van der Waals surface area contributed by atoms with Crippen molar-refractivity contribution in [1.82, 2.24) is 14.9 Å². The lowest BCUT2D eigenvalue weighted by Gasteiger charge is -2.47. The molecule has 166 valence electrons. The number of benzene rings is 2. The van der Waals surface area contributed by atoms with E-state index >= 15 is 0 Å². The van der Waals surface area contributed by atoms with Crippen LogP contribution in [0, 0.1) is 0 Å². The molecule has 0 radical (unpaired) electrons. The molecular formula is C26H27Cl2N3O. The van der Waals surface area contributed by atoms with Gasteiger partial charge >= 0.3 is 0 Å². The van der Waals surface area contributed by atoms with Crippen molar-refractivity contribution < 1.29 is 5.11 Å². The number of nitrogens with zero attached hydrogens (tertiary/aromatic N) is 3. The molecule has 4 nitrogen and oxygen atoms in total. The van der Waals surface area contributed by atoms with Gasteiger partial charge in [0.25, 0.3) is 0 Å². The summed E-state index contributed by atoms with van der Waals surface area (Å²) in [6.45, 7) is 2.08. The second-order valence-corrected chi connectivity index (χ2v) is 9.80. The second kappa shape index (κ2) is 8.75. The van der Waals surface area contributed by atoms with Crippen LogP contribution in [0.3, 0.4) is 0 Å². The highest BCUT2D eigenvalue weighted by Crippen LogP contribution is 2.51. The predicted molar refractivity (Wildman–Crippen MR) is 128 cm³/mol. The highest BCUT2D eigenvalue weighted by Gasteiger charge is 2.52. The van der Waals surface area contributed by atoms with E-state index in [1.807, 2.05) is 48.8 Å². The molecule has 2 saturated heterocycles. The second-order valence-electron chi connectivity index (χ2n) is 8.99. The zero-order valence-corrected chi connectivity index (χ0v) is 19.6. The lowest BCUT2D eigenvalue weighted by Crippen LogP contribution is -2.51. The number of piperidine rings is 1. The first-order valence-electron chi connectivity index (χ1n) is 11.3. The van der Waals surface area contributed by atoms with E-state index in [4.69, 9.17) is 23.2 Å². The van der Waals surface area contributed by atoms with Gasteiger partial charge in [0, 0.05) is 34.5 Å². The first kappa shape index (κ1) is 21.8. The minimum absolute atomic E-state index is 0.0668. The van der Waals surface area contributed by atoms with E-state index in [0.717, 1.165) is 46.0 Å². The highest BCUT2D eigenvalue weighted by molar-refractivity contribution is 6.32. The van der Waals surface area contributed by atoms with E-state index in [2.05, 4.69) is 33.9 Å². The summed E-state index contributed by atoms with van der Waals surface area (Å²) >= 11 is 13.4. The number of hydrogen-bond acceptors (Lipinski definition) is 4. The van der Waals surface area contributed by atoms with Crippen LogP contribution in [0.5, 0.6) is 0 Å². The molecule has 5 rings (SSSR count). The molecule has 1 N–H and O–H groups in total. The number of fused-ring (bicyclic) bond motifs is 2. The highest BCUT2D eigenvalue weighted by atomic mass is 35.5. The Labute approximate surface area is 199 Å². The van der Waals surface area contributed by atoms with Crippen molar-refractivity contribution >= 4 is 23.2 Å². The zero-order chi connectivity index (χ0) is 22.3. The maximum atomic E-state index is 11.6. The Morgan fingerprint density at radius 2 is 1.44 bits per heavy atom. The molecule has 3 aromatic rings. The monoisotopic (exact) mass is 467 g/mol. The average molecular weight is 468 g/mol. The van der Waals surface area contributed by atoms with Crippen LogP contribution in [-0.2, 0) is 12.0 Å². The van der Waals surface area contributed by atoms with Gasteiger partial charge in [0.05, 0.1) is 6.04 Å². The molecule has 3 atom stereocenters. The van der Waals surface area contributed by atoms with Crippen LogP contribution in [-0.4, -0.2) is 32.1 Å². The number of aliphatic hydroxyl groups is 1.